The van der Waals surface area contributed by atoms with Crippen LogP contribution in [0.3, 0.4) is 0 Å². The van der Waals surface area contributed by atoms with Crippen LogP contribution in [0.4, 0.5) is 68.2 Å². The van der Waals surface area contributed by atoms with E-state index in [2.05, 4.69) is 238 Å². The maximum Gasteiger partial charge on any atom is 0.252 e. The quantitative estimate of drug-likeness (QED) is 0.163. The number of rotatable bonds is 3. The molecule has 0 saturated heterocycles. The van der Waals surface area contributed by atoms with Crippen molar-refractivity contribution in [2.24, 2.45) is 0 Å². The van der Waals surface area contributed by atoms with Crippen molar-refractivity contribution in [2.45, 2.75) is 9.79 Å². The second kappa shape index (κ2) is 13.8. The molecule has 0 atom stereocenters. The minimum atomic E-state index is -0.0592. The van der Waals surface area contributed by atoms with Gasteiger partial charge in [-0.25, -0.2) is 0 Å². The van der Waals surface area contributed by atoms with E-state index in [0.29, 0.717) is 0 Å². The van der Waals surface area contributed by atoms with Crippen molar-refractivity contribution in [2.75, 3.05) is 19.6 Å². The minimum Gasteiger partial charge on any atom is -0.312 e. The molecule has 0 saturated carbocycles. The SMILES string of the molecule is c1ccc(N2c3ccccc3Sc3cc4c(cc32)N(c2ccccc2)c2cc3c5c6c2B4c2cc4c(cc2N6c2ccccc2B5c2ccccc2N3c2ccccc2)sc2ccccc24)cc1. The third-order valence-corrected chi connectivity index (χ3v) is 17.2. The van der Waals surface area contributed by atoms with Crippen molar-refractivity contribution in [3.05, 3.63) is 218 Å². The van der Waals surface area contributed by atoms with Crippen LogP contribution in [0, 0.1) is 0 Å². The van der Waals surface area contributed by atoms with Crippen LogP contribution in [-0.4, -0.2) is 13.4 Å². The summed E-state index contributed by atoms with van der Waals surface area (Å²) in [5, 5.41) is 2.64. The van der Waals surface area contributed by atoms with Gasteiger partial charge >= 0.3 is 0 Å². The Bertz CT molecular complexity index is 3950. The van der Waals surface area contributed by atoms with Crippen LogP contribution in [0.1, 0.15) is 0 Å². The molecule has 68 heavy (non-hydrogen) atoms. The molecule has 8 heteroatoms. The van der Waals surface area contributed by atoms with E-state index in [1.165, 1.54) is 114 Å². The second-order valence-electron chi connectivity index (χ2n) is 18.4. The lowest BCUT2D eigenvalue weighted by molar-refractivity contribution is 1.16. The predicted molar refractivity (Wildman–Crippen MR) is 291 cm³/mol. The summed E-state index contributed by atoms with van der Waals surface area (Å²) in [6.07, 6.45) is 0. The summed E-state index contributed by atoms with van der Waals surface area (Å²) in [7, 11) is 0. The number of anilines is 12. The lowest BCUT2D eigenvalue weighted by Gasteiger charge is -2.51. The molecule has 0 fully saturated rings. The highest BCUT2D eigenvalue weighted by molar-refractivity contribution is 7.99. The smallest absolute Gasteiger partial charge is 0.252 e. The normalized spacial score (nSPS) is 14.2. The van der Waals surface area contributed by atoms with Gasteiger partial charge in [0.1, 0.15) is 0 Å². The fourth-order valence-electron chi connectivity index (χ4n) is 12.3. The summed E-state index contributed by atoms with van der Waals surface area (Å²) in [6.45, 7) is -0.0261. The Morgan fingerprint density at radius 3 is 1.46 bits per heavy atom. The number of hydrogen-bond acceptors (Lipinski definition) is 6. The Morgan fingerprint density at radius 1 is 0.294 bits per heavy atom. The van der Waals surface area contributed by atoms with Gasteiger partial charge in [-0.1, -0.05) is 139 Å². The highest BCUT2D eigenvalue weighted by Gasteiger charge is 2.52. The Morgan fingerprint density at radius 2 is 0.779 bits per heavy atom. The maximum absolute atomic E-state index is 2.67. The number of benzene rings is 10. The van der Waals surface area contributed by atoms with Crippen LogP contribution in [-0.2, 0) is 0 Å². The summed E-state index contributed by atoms with van der Waals surface area (Å²) in [4.78, 5) is 12.8. The van der Waals surface area contributed by atoms with Gasteiger partial charge in [0.15, 0.2) is 0 Å². The summed E-state index contributed by atoms with van der Waals surface area (Å²) in [5.41, 5.74) is 22.5. The van der Waals surface area contributed by atoms with E-state index in [4.69, 9.17) is 0 Å². The van der Waals surface area contributed by atoms with Gasteiger partial charge in [0, 0.05) is 81.5 Å². The number of thiophene rings is 1. The van der Waals surface area contributed by atoms with Crippen LogP contribution >= 0.6 is 23.1 Å². The molecule has 5 aliphatic rings. The Kier molecular flexibility index (Phi) is 7.57. The van der Waals surface area contributed by atoms with E-state index < -0.39 is 0 Å². The first-order chi connectivity index (χ1) is 33.8. The fourth-order valence-corrected chi connectivity index (χ4v) is 14.5. The highest BCUT2D eigenvalue weighted by atomic mass is 32.2. The van der Waals surface area contributed by atoms with Crippen molar-refractivity contribution in [1.82, 2.24) is 0 Å². The molecule has 10 aromatic carbocycles. The predicted octanol–water partition coefficient (Wildman–Crippen LogP) is 12.7. The van der Waals surface area contributed by atoms with E-state index in [1.807, 2.05) is 23.1 Å². The maximum atomic E-state index is 2.67. The summed E-state index contributed by atoms with van der Waals surface area (Å²) >= 11 is 3.80. The van der Waals surface area contributed by atoms with Crippen LogP contribution < -0.4 is 52.4 Å². The van der Waals surface area contributed by atoms with Crippen molar-refractivity contribution >= 4 is 158 Å². The molecular weight excluding hydrogens is 862 g/mol. The van der Waals surface area contributed by atoms with Gasteiger partial charge in [0.25, 0.3) is 13.4 Å². The highest BCUT2D eigenvalue weighted by Crippen LogP contribution is 2.55. The fraction of sp³-hybridized carbons (Fsp3) is 0. The second-order valence-corrected chi connectivity index (χ2v) is 20.5. The zero-order valence-electron chi connectivity index (χ0n) is 36.5. The van der Waals surface area contributed by atoms with E-state index in [1.54, 1.807) is 0 Å². The number of fused-ring (bicyclic) bond motifs is 15. The molecule has 1 aromatic heterocycles. The third-order valence-electron chi connectivity index (χ3n) is 14.9. The summed E-state index contributed by atoms with van der Waals surface area (Å²) in [5.74, 6) is 0. The van der Waals surface area contributed by atoms with Gasteiger partial charge in [0.05, 0.1) is 11.4 Å². The topological polar surface area (TPSA) is 13.0 Å². The van der Waals surface area contributed by atoms with Crippen LogP contribution in [0.2, 0.25) is 0 Å². The van der Waals surface area contributed by atoms with E-state index in [9.17, 15) is 0 Å². The molecule has 16 rings (SSSR count). The molecule has 6 heterocycles. The minimum absolute atomic E-state index is 0.0331. The summed E-state index contributed by atoms with van der Waals surface area (Å²) in [6, 6.07) is 81.9. The molecule has 0 N–H and O–H groups in total. The first-order valence-corrected chi connectivity index (χ1v) is 25.0. The summed E-state index contributed by atoms with van der Waals surface area (Å²) < 4.78 is 2.63. The van der Waals surface area contributed by atoms with E-state index >= 15 is 0 Å². The van der Waals surface area contributed by atoms with Gasteiger partial charge in [-0.3, -0.25) is 0 Å². The number of para-hydroxylation sites is 6. The van der Waals surface area contributed by atoms with Crippen molar-refractivity contribution < 1.29 is 0 Å². The van der Waals surface area contributed by atoms with Crippen molar-refractivity contribution in [3.8, 4) is 0 Å². The molecule has 0 amide bonds. The first-order valence-electron chi connectivity index (χ1n) is 23.4. The van der Waals surface area contributed by atoms with Gasteiger partial charge in [0.2, 0.25) is 0 Å². The lowest BCUT2D eigenvalue weighted by atomic mass is 9.28. The standard InChI is InChI=1S/C60H36B2N4S2/c1-4-18-37(19-5-1)63-46-27-13-11-25-42(46)61-43-26-12-14-28-47(43)66-50-36-56-41(40-24-10-16-30-54(40)67-56)32-44(50)62-45-33-57-51(64(38-20-6-2-7-21-38)48-29-15-17-31-55(48)68-57)34-49(45)65(39-22-8-3-9-23-39)53-35-52(63)58(61)60(66)59(53)62/h1-36H. The molecule has 0 radical (unpaired) electrons. The molecule has 4 nitrogen and oxygen atoms in total. The first kappa shape index (κ1) is 37.2. The van der Waals surface area contributed by atoms with Crippen LogP contribution in [0.25, 0.3) is 20.2 Å². The average molecular weight is 899 g/mol. The Hall–Kier alpha value is -7.90. The lowest BCUT2D eigenvalue weighted by Crippen LogP contribution is -2.68. The van der Waals surface area contributed by atoms with Crippen molar-refractivity contribution in [1.29, 1.82) is 0 Å². The molecule has 314 valence electrons. The largest absolute Gasteiger partial charge is 0.312 e. The van der Waals surface area contributed by atoms with Crippen LogP contribution in [0.5, 0.6) is 0 Å². The van der Waals surface area contributed by atoms with Gasteiger partial charge in [-0.2, -0.15) is 0 Å². The molecule has 0 aliphatic carbocycles. The molecular formula is C60H36B2N4S2. The molecule has 5 aliphatic heterocycles. The Balaban J connectivity index is 1.08. The van der Waals surface area contributed by atoms with E-state index in [-0.39, 0.29) is 13.4 Å². The van der Waals surface area contributed by atoms with Gasteiger partial charge in [-0.05, 0) is 129 Å². The zero-order valence-corrected chi connectivity index (χ0v) is 38.2. The van der Waals surface area contributed by atoms with Gasteiger partial charge in [-0.15, -0.1) is 11.3 Å². The molecule has 11 aromatic rings. The van der Waals surface area contributed by atoms with Crippen LogP contribution in [0.15, 0.2) is 228 Å². The van der Waals surface area contributed by atoms with Gasteiger partial charge < -0.3 is 19.6 Å². The van der Waals surface area contributed by atoms with E-state index in [0.717, 1.165) is 17.1 Å². The zero-order chi connectivity index (χ0) is 44.2. The number of hydrogen-bond donors (Lipinski definition) is 0. The van der Waals surface area contributed by atoms with Crippen molar-refractivity contribution in [3.63, 3.8) is 0 Å². The monoisotopic (exact) mass is 898 g/mol. The average Bonchev–Trinajstić information content (AvgIpc) is 3.77. The molecule has 0 bridgehead atoms. The molecule has 0 spiro atoms. The Labute approximate surface area is 403 Å². The molecule has 0 unspecified atom stereocenters. The third kappa shape index (κ3) is 4.93. The number of nitrogens with zero attached hydrogens (tertiary/aromatic N) is 4.